The maximum atomic E-state index is 7.96. The summed E-state index contributed by atoms with van der Waals surface area (Å²) in [5.41, 5.74) is 0.565. The van der Waals surface area contributed by atoms with E-state index in [1.807, 2.05) is 6.07 Å². The summed E-state index contributed by atoms with van der Waals surface area (Å²) in [7, 11) is 0. The van der Waals surface area contributed by atoms with Crippen molar-refractivity contribution in [2.45, 2.75) is 0 Å². The van der Waals surface area contributed by atoms with Crippen molar-refractivity contribution in [3.8, 4) is 6.07 Å². The van der Waals surface area contributed by atoms with Gasteiger partial charge in [0.25, 0.3) is 0 Å². The molecule has 0 aromatic heterocycles. The minimum atomic E-state index is 0.565. The zero-order valence-electron chi connectivity index (χ0n) is 3.24. The van der Waals surface area contributed by atoms with Crippen LogP contribution in [-0.4, -0.2) is 5.33 Å². The molecule has 32 valence electrons. The van der Waals surface area contributed by atoms with Gasteiger partial charge in [-0.3, -0.25) is 0 Å². The zero-order chi connectivity index (χ0) is 4.99. The average Bonchev–Trinajstić information content (AvgIpc) is 1.65. The number of hydrogen-bond acceptors (Lipinski definition) is 1. The quantitative estimate of drug-likeness (QED) is 0.405. The highest BCUT2D eigenvalue weighted by Crippen LogP contribution is 1.90. The smallest absolute Gasteiger partial charge is 0.0949 e. The highest BCUT2D eigenvalue weighted by atomic mass is 79.9. The first-order valence-electron chi connectivity index (χ1n) is 1.45. The van der Waals surface area contributed by atoms with Crippen molar-refractivity contribution in [1.29, 1.82) is 5.26 Å². The first kappa shape index (κ1) is 5.71. The van der Waals surface area contributed by atoms with Crippen LogP contribution in [0.15, 0.2) is 12.2 Å². The SMILES string of the molecule is C=C(C#N)CBr. The summed E-state index contributed by atoms with van der Waals surface area (Å²) in [6.45, 7) is 3.38. The fourth-order valence-corrected chi connectivity index (χ4v) is 0.155. The molecule has 0 amide bonds. The monoisotopic (exact) mass is 145 g/mol. The van der Waals surface area contributed by atoms with Gasteiger partial charge in [-0.2, -0.15) is 5.26 Å². The van der Waals surface area contributed by atoms with Crippen molar-refractivity contribution in [2.24, 2.45) is 0 Å². The van der Waals surface area contributed by atoms with Crippen molar-refractivity contribution in [2.75, 3.05) is 5.33 Å². The Morgan fingerprint density at radius 1 is 2.00 bits per heavy atom. The Labute approximate surface area is 45.4 Å². The zero-order valence-corrected chi connectivity index (χ0v) is 4.83. The van der Waals surface area contributed by atoms with Gasteiger partial charge in [0.15, 0.2) is 0 Å². The van der Waals surface area contributed by atoms with E-state index in [0.29, 0.717) is 10.9 Å². The van der Waals surface area contributed by atoms with Gasteiger partial charge < -0.3 is 0 Å². The summed E-state index contributed by atoms with van der Waals surface area (Å²) in [5, 5.41) is 8.54. The third kappa shape index (κ3) is 1.98. The second-order valence-electron chi connectivity index (χ2n) is 0.849. The van der Waals surface area contributed by atoms with Crippen molar-refractivity contribution in [3.05, 3.63) is 12.2 Å². The normalized spacial score (nSPS) is 6.67. The minimum absolute atomic E-state index is 0.565. The van der Waals surface area contributed by atoms with Gasteiger partial charge in [0.05, 0.1) is 6.07 Å². The van der Waals surface area contributed by atoms with Gasteiger partial charge in [-0.25, -0.2) is 0 Å². The van der Waals surface area contributed by atoms with Crippen LogP contribution in [0.5, 0.6) is 0 Å². The Morgan fingerprint density at radius 2 is 2.50 bits per heavy atom. The standard InChI is InChI=1S/C4H4BrN/c1-4(2-5)3-6/h1-2H2. The van der Waals surface area contributed by atoms with Crippen molar-refractivity contribution in [1.82, 2.24) is 0 Å². The number of nitriles is 1. The second kappa shape index (κ2) is 2.92. The molecule has 0 atom stereocenters. The molecular formula is C4H4BrN. The molecule has 0 rings (SSSR count). The molecule has 0 bridgehead atoms. The average molecular weight is 146 g/mol. The molecule has 0 aliphatic rings. The molecule has 1 nitrogen and oxygen atoms in total. The summed E-state index contributed by atoms with van der Waals surface area (Å²) < 4.78 is 0. The van der Waals surface area contributed by atoms with Crippen molar-refractivity contribution >= 4 is 15.9 Å². The van der Waals surface area contributed by atoms with Gasteiger partial charge >= 0.3 is 0 Å². The lowest BCUT2D eigenvalue weighted by molar-refractivity contribution is 1.47. The summed E-state index contributed by atoms with van der Waals surface area (Å²) >= 11 is 3.05. The Bertz CT molecular complexity index is 90.2. The predicted molar refractivity (Wildman–Crippen MR) is 28.5 cm³/mol. The van der Waals surface area contributed by atoms with Crippen LogP contribution in [0.3, 0.4) is 0 Å². The van der Waals surface area contributed by atoms with Crippen LogP contribution in [0.2, 0.25) is 0 Å². The van der Waals surface area contributed by atoms with Crippen molar-refractivity contribution < 1.29 is 0 Å². The van der Waals surface area contributed by atoms with Crippen LogP contribution >= 0.6 is 15.9 Å². The molecule has 2 heteroatoms. The van der Waals surface area contributed by atoms with E-state index in [2.05, 4.69) is 22.5 Å². The van der Waals surface area contributed by atoms with Gasteiger partial charge in [0, 0.05) is 10.9 Å². The summed E-state index contributed by atoms with van der Waals surface area (Å²) in [6, 6.07) is 1.87. The molecule has 0 saturated carbocycles. The van der Waals surface area contributed by atoms with E-state index in [0.717, 1.165) is 0 Å². The predicted octanol–water partition coefficient (Wildman–Crippen LogP) is 1.46. The second-order valence-corrected chi connectivity index (χ2v) is 1.41. The minimum Gasteiger partial charge on any atom is -0.193 e. The van der Waals surface area contributed by atoms with Gasteiger partial charge in [0.2, 0.25) is 0 Å². The Morgan fingerprint density at radius 3 is 2.50 bits per heavy atom. The Balaban J connectivity index is 3.33. The van der Waals surface area contributed by atoms with Gasteiger partial charge in [0.1, 0.15) is 0 Å². The van der Waals surface area contributed by atoms with Gasteiger partial charge in [-0.05, 0) is 0 Å². The van der Waals surface area contributed by atoms with Crippen molar-refractivity contribution in [3.63, 3.8) is 0 Å². The molecule has 0 aliphatic carbocycles. The topological polar surface area (TPSA) is 23.8 Å². The van der Waals surface area contributed by atoms with E-state index in [4.69, 9.17) is 5.26 Å². The van der Waals surface area contributed by atoms with Crippen LogP contribution in [-0.2, 0) is 0 Å². The molecule has 0 aromatic rings. The molecule has 0 aromatic carbocycles. The molecule has 0 saturated heterocycles. The lowest BCUT2D eigenvalue weighted by atomic mass is 10.4. The number of halogens is 1. The lowest BCUT2D eigenvalue weighted by Gasteiger charge is -1.74. The first-order chi connectivity index (χ1) is 2.81. The lowest BCUT2D eigenvalue weighted by Crippen LogP contribution is -1.69. The maximum Gasteiger partial charge on any atom is 0.0949 e. The highest BCUT2D eigenvalue weighted by molar-refractivity contribution is 9.09. The number of alkyl halides is 1. The van der Waals surface area contributed by atoms with Gasteiger partial charge in [-0.1, -0.05) is 22.5 Å². The van der Waals surface area contributed by atoms with Gasteiger partial charge in [-0.15, -0.1) is 0 Å². The van der Waals surface area contributed by atoms with E-state index in [1.165, 1.54) is 0 Å². The van der Waals surface area contributed by atoms with Crippen LogP contribution in [0, 0.1) is 11.3 Å². The number of nitrogens with zero attached hydrogens (tertiary/aromatic N) is 1. The molecule has 0 radical (unpaired) electrons. The molecule has 0 fully saturated rings. The number of allylic oxidation sites excluding steroid dienone is 1. The summed E-state index contributed by atoms with van der Waals surface area (Å²) in [5.74, 6) is 0. The van der Waals surface area contributed by atoms with E-state index in [9.17, 15) is 0 Å². The highest BCUT2D eigenvalue weighted by Gasteiger charge is 1.79. The fourth-order valence-electron chi connectivity index (χ4n) is 0.0299. The molecule has 0 N–H and O–H groups in total. The maximum absolute atomic E-state index is 7.96. The molecular weight excluding hydrogens is 142 g/mol. The van der Waals surface area contributed by atoms with E-state index < -0.39 is 0 Å². The fraction of sp³-hybridized carbons (Fsp3) is 0.250. The van der Waals surface area contributed by atoms with Crippen LogP contribution in [0.1, 0.15) is 0 Å². The van der Waals surface area contributed by atoms with Crippen LogP contribution in [0.25, 0.3) is 0 Å². The molecule has 0 heterocycles. The first-order valence-corrected chi connectivity index (χ1v) is 2.57. The molecule has 0 aliphatic heterocycles. The molecule has 0 spiro atoms. The third-order valence-corrected chi connectivity index (χ3v) is 0.996. The largest absolute Gasteiger partial charge is 0.193 e. The van der Waals surface area contributed by atoms with E-state index in [1.54, 1.807) is 0 Å². The number of hydrogen-bond donors (Lipinski definition) is 0. The Hall–Kier alpha value is -0.290. The Kier molecular flexibility index (Phi) is 2.78. The molecule has 0 unspecified atom stereocenters. The summed E-state index contributed by atoms with van der Waals surface area (Å²) in [6.07, 6.45) is 0. The van der Waals surface area contributed by atoms with Crippen LogP contribution in [0.4, 0.5) is 0 Å². The van der Waals surface area contributed by atoms with E-state index in [-0.39, 0.29) is 0 Å². The summed E-state index contributed by atoms with van der Waals surface area (Å²) in [4.78, 5) is 0. The van der Waals surface area contributed by atoms with E-state index >= 15 is 0 Å². The third-order valence-electron chi connectivity index (χ3n) is 0.319. The number of rotatable bonds is 1. The molecule has 6 heavy (non-hydrogen) atoms. The van der Waals surface area contributed by atoms with Crippen LogP contribution < -0.4 is 0 Å².